The lowest BCUT2D eigenvalue weighted by molar-refractivity contribution is 0.102. The maximum Gasteiger partial charge on any atom is 0.257 e. The molecular weight excluding hydrogens is 398 g/mol. The van der Waals surface area contributed by atoms with E-state index in [-0.39, 0.29) is 5.91 Å². The van der Waals surface area contributed by atoms with Crippen LogP contribution in [-0.2, 0) is 0 Å². The zero-order chi connectivity index (χ0) is 17.9. The zero-order valence-corrected chi connectivity index (χ0v) is 14.9. The van der Waals surface area contributed by atoms with Crippen LogP contribution in [0.15, 0.2) is 72.1 Å². The van der Waals surface area contributed by atoms with Gasteiger partial charge in [0.1, 0.15) is 12.7 Å². The van der Waals surface area contributed by atoms with E-state index in [1.165, 1.54) is 0 Å². The number of pyridine rings is 1. The first-order valence-corrected chi connectivity index (χ1v) is 8.42. The summed E-state index contributed by atoms with van der Waals surface area (Å²) in [5.74, 6) is 0.407. The predicted molar refractivity (Wildman–Crippen MR) is 98.4 cm³/mol. The lowest BCUT2D eigenvalue weighted by atomic mass is 10.1. The molecule has 0 aliphatic rings. The van der Waals surface area contributed by atoms with Gasteiger partial charge in [-0.2, -0.15) is 5.10 Å². The van der Waals surface area contributed by atoms with Crippen molar-refractivity contribution in [3.63, 3.8) is 0 Å². The van der Waals surface area contributed by atoms with Crippen LogP contribution in [0.1, 0.15) is 10.4 Å². The number of carbonyl (C=O) groups is 1. The Balaban J connectivity index is 1.56. The van der Waals surface area contributed by atoms with E-state index in [2.05, 4.69) is 41.5 Å². The molecule has 26 heavy (non-hydrogen) atoms. The summed E-state index contributed by atoms with van der Waals surface area (Å²) in [4.78, 5) is 17.0. The normalized spacial score (nSPS) is 10.7. The molecule has 0 bridgehead atoms. The van der Waals surface area contributed by atoms with Gasteiger partial charge in [0, 0.05) is 6.20 Å². The summed E-state index contributed by atoms with van der Waals surface area (Å²) in [6, 6.07) is 10.8. The van der Waals surface area contributed by atoms with E-state index in [0.717, 1.165) is 4.47 Å². The van der Waals surface area contributed by atoms with E-state index >= 15 is 0 Å². The Kier molecular flexibility index (Phi) is 4.28. The first-order chi connectivity index (χ1) is 12.7. The Bertz CT molecular complexity index is 1040. The van der Waals surface area contributed by atoms with Crippen molar-refractivity contribution in [3.8, 4) is 11.5 Å². The summed E-state index contributed by atoms with van der Waals surface area (Å²) in [7, 11) is 0. The van der Waals surface area contributed by atoms with Crippen molar-refractivity contribution in [2.45, 2.75) is 0 Å². The third-order valence-electron chi connectivity index (χ3n) is 3.64. The number of aromatic nitrogens is 6. The van der Waals surface area contributed by atoms with E-state index in [9.17, 15) is 4.79 Å². The molecule has 1 amide bonds. The molecule has 8 nitrogen and oxygen atoms in total. The van der Waals surface area contributed by atoms with Crippen molar-refractivity contribution in [3.05, 3.63) is 77.7 Å². The van der Waals surface area contributed by atoms with Crippen LogP contribution >= 0.6 is 15.9 Å². The molecule has 4 aromatic rings. The number of halogens is 1. The fourth-order valence-electron chi connectivity index (χ4n) is 2.44. The van der Waals surface area contributed by atoms with Gasteiger partial charge in [0.05, 0.1) is 33.8 Å². The molecule has 0 atom stereocenters. The molecule has 3 aromatic heterocycles. The second-order valence-corrected chi connectivity index (χ2v) is 6.26. The van der Waals surface area contributed by atoms with Crippen molar-refractivity contribution in [1.82, 2.24) is 29.5 Å². The smallest absolute Gasteiger partial charge is 0.257 e. The molecule has 9 heteroatoms. The van der Waals surface area contributed by atoms with Gasteiger partial charge in [-0.15, -0.1) is 10.2 Å². The van der Waals surface area contributed by atoms with Crippen LogP contribution in [0, 0.1) is 0 Å². The van der Waals surface area contributed by atoms with Crippen LogP contribution in [0.2, 0.25) is 0 Å². The van der Waals surface area contributed by atoms with Gasteiger partial charge in [-0.25, -0.2) is 9.67 Å². The molecule has 3 heterocycles. The standard InChI is InChI=1S/C17H12BrN7O/c18-12-7-22-25(9-12)16-6-5-13(8-19-16)23-17(26)14-3-1-2-4-15(14)24-10-20-21-11-24/h1-11H,(H,23,26). The number of anilines is 1. The van der Waals surface area contributed by atoms with E-state index in [1.54, 1.807) is 64.8 Å². The van der Waals surface area contributed by atoms with Crippen LogP contribution in [0.5, 0.6) is 0 Å². The lowest BCUT2D eigenvalue weighted by Gasteiger charge is -2.10. The maximum absolute atomic E-state index is 12.7. The summed E-state index contributed by atoms with van der Waals surface area (Å²) < 4.78 is 4.19. The molecular formula is C17H12BrN7O. The van der Waals surface area contributed by atoms with Crippen LogP contribution in [-0.4, -0.2) is 35.4 Å². The first-order valence-electron chi connectivity index (χ1n) is 7.63. The number of benzene rings is 1. The van der Waals surface area contributed by atoms with Gasteiger partial charge < -0.3 is 5.32 Å². The Labute approximate surface area is 156 Å². The Morgan fingerprint density at radius 2 is 1.85 bits per heavy atom. The molecule has 0 aliphatic heterocycles. The van der Waals surface area contributed by atoms with Gasteiger partial charge >= 0.3 is 0 Å². The highest BCUT2D eigenvalue weighted by Gasteiger charge is 2.13. The Morgan fingerprint density at radius 1 is 1.04 bits per heavy atom. The summed E-state index contributed by atoms with van der Waals surface area (Å²) in [6.45, 7) is 0. The van der Waals surface area contributed by atoms with Gasteiger partial charge in [0.15, 0.2) is 5.82 Å². The Hall–Kier alpha value is -3.33. The SMILES string of the molecule is O=C(Nc1ccc(-n2cc(Br)cn2)nc1)c1ccccc1-n1cnnc1. The minimum absolute atomic E-state index is 0.245. The second kappa shape index (κ2) is 6.89. The largest absolute Gasteiger partial charge is 0.321 e. The minimum atomic E-state index is -0.245. The van der Waals surface area contributed by atoms with Crippen molar-refractivity contribution in [2.75, 3.05) is 5.32 Å². The van der Waals surface area contributed by atoms with Crippen molar-refractivity contribution < 1.29 is 4.79 Å². The third-order valence-corrected chi connectivity index (χ3v) is 4.05. The van der Waals surface area contributed by atoms with Crippen LogP contribution in [0.3, 0.4) is 0 Å². The highest BCUT2D eigenvalue weighted by molar-refractivity contribution is 9.10. The fraction of sp³-hybridized carbons (Fsp3) is 0. The van der Waals surface area contributed by atoms with E-state index in [1.807, 2.05) is 12.1 Å². The average Bonchev–Trinajstić information content (AvgIpc) is 3.34. The average molecular weight is 410 g/mol. The minimum Gasteiger partial charge on any atom is -0.321 e. The Morgan fingerprint density at radius 3 is 2.54 bits per heavy atom. The number of amides is 1. The second-order valence-electron chi connectivity index (χ2n) is 5.35. The van der Waals surface area contributed by atoms with Crippen molar-refractivity contribution in [1.29, 1.82) is 0 Å². The van der Waals surface area contributed by atoms with Crippen LogP contribution < -0.4 is 5.32 Å². The van der Waals surface area contributed by atoms with E-state index in [4.69, 9.17) is 0 Å². The molecule has 0 saturated heterocycles. The molecule has 1 N–H and O–H groups in total. The van der Waals surface area contributed by atoms with Crippen molar-refractivity contribution in [2.24, 2.45) is 0 Å². The molecule has 4 rings (SSSR count). The monoisotopic (exact) mass is 409 g/mol. The molecule has 0 unspecified atom stereocenters. The molecule has 0 saturated carbocycles. The van der Waals surface area contributed by atoms with Gasteiger partial charge in [-0.05, 0) is 40.2 Å². The van der Waals surface area contributed by atoms with Gasteiger partial charge in [-0.3, -0.25) is 9.36 Å². The quantitative estimate of drug-likeness (QED) is 0.559. The summed E-state index contributed by atoms with van der Waals surface area (Å²) in [5.41, 5.74) is 1.79. The number of nitrogens with one attached hydrogen (secondary N) is 1. The third kappa shape index (κ3) is 3.24. The molecule has 0 spiro atoms. The zero-order valence-electron chi connectivity index (χ0n) is 13.3. The molecule has 0 radical (unpaired) electrons. The summed E-state index contributed by atoms with van der Waals surface area (Å²) in [6.07, 6.45) is 8.16. The van der Waals surface area contributed by atoms with E-state index < -0.39 is 0 Å². The summed E-state index contributed by atoms with van der Waals surface area (Å²) in [5, 5.41) is 14.6. The van der Waals surface area contributed by atoms with Crippen molar-refractivity contribution >= 4 is 27.5 Å². The highest BCUT2D eigenvalue weighted by Crippen LogP contribution is 2.17. The number of hydrogen-bond acceptors (Lipinski definition) is 5. The number of para-hydroxylation sites is 1. The molecule has 128 valence electrons. The van der Waals surface area contributed by atoms with Crippen LogP contribution in [0.4, 0.5) is 5.69 Å². The van der Waals surface area contributed by atoms with Gasteiger partial charge in [0.25, 0.3) is 5.91 Å². The lowest BCUT2D eigenvalue weighted by Crippen LogP contribution is -2.15. The number of carbonyl (C=O) groups excluding carboxylic acids is 1. The summed E-state index contributed by atoms with van der Waals surface area (Å²) >= 11 is 3.35. The maximum atomic E-state index is 12.7. The number of rotatable bonds is 4. The number of hydrogen-bond donors (Lipinski definition) is 1. The first kappa shape index (κ1) is 16.2. The highest BCUT2D eigenvalue weighted by atomic mass is 79.9. The predicted octanol–water partition coefficient (Wildman–Crippen LogP) is 2.86. The van der Waals surface area contributed by atoms with Crippen LogP contribution in [0.25, 0.3) is 11.5 Å². The molecule has 1 aromatic carbocycles. The van der Waals surface area contributed by atoms with Gasteiger partial charge in [-0.1, -0.05) is 12.1 Å². The topological polar surface area (TPSA) is 90.5 Å². The molecule has 0 fully saturated rings. The fourth-order valence-corrected chi connectivity index (χ4v) is 2.72. The molecule has 0 aliphatic carbocycles. The number of nitrogens with zero attached hydrogens (tertiary/aromatic N) is 6. The van der Waals surface area contributed by atoms with E-state index in [0.29, 0.717) is 22.8 Å². The van der Waals surface area contributed by atoms with Gasteiger partial charge in [0.2, 0.25) is 0 Å².